The van der Waals surface area contributed by atoms with Gasteiger partial charge in [0, 0.05) is 17.4 Å². The SMILES string of the molecule is CC1=C[C@H]2c3c(O)cc(C(C)(C)CCCCO[N+](=O)[O-])cc3OC(C)(C)[C@@H]2CC1. The summed E-state index contributed by atoms with van der Waals surface area (Å²) in [5.74, 6) is 1.62. The molecule has 1 heterocycles. The zero-order valence-corrected chi connectivity index (χ0v) is 18.2. The summed E-state index contributed by atoms with van der Waals surface area (Å²) < 4.78 is 6.43. The number of unbranched alkanes of at least 4 members (excludes halogenated alkanes) is 1. The highest BCUT2D eigenvalue weighted by molar-refractivity contribution is 5.55. The van der Waals surface area contributed by atoms with E-state index in [1.165, 1.54) is 5.57 Å². The van der Waals surface area contributed by atoms with Crippen LogP contribution in [0.15, 0.2) is 23.8 Å². The van der Waals surface area contributed by atoms with Crippen molar-refractivity contribution in [3.05, 3.63) is 45.0 Å². The van der Waals surface area contributed by atoms with Gasteiger partial charge in [0.05, 0.1) is 6.61 Å². The van der Waals surface area contributed by atoms with Gasteiger partial charge in [-0.25, -0.2) is 0 Å². The van der Waals surface area contributed by atoms with Crippen LogP contribution in [0.25, 0.3) is 0 Å². The highest BCUT2D eigenvalue weighted by Crippen LogP contribution is 2.54. The van der Waals surface area contributed by atoms with Crippen LogP contribution in [0.5, 0.6) is 11.5 Å². The summed E-state index contributed by atoms with van der Waals surface area (Å²) in [7, 11) is 0. The van der Waals surface area contributed by atoms with Crippen LogP contribution in [0.3, 0.4) is 0 Å². The number of phenolic OH excluding ortho intramolecular Hbond substituents is 1. The lowest BCUT2D eigenvalue weighted by molar-refractivity contribution is -0.757. The Balaban J connectivity index is 1.84. The number of ether oxygens (including phenoxy) is 1. The number of allylic oxidation sites excluding steroid dienone is 2. The first kappa shape index (κ1) is 21.5. The Morgan fingerprint density at radius 3 is 2.76 bits per heavy atom. The van der Waals surface area contributed by atoms with Crippen molar-refractivity contribution in [1.29, 1.82) is 0 Å². The van der Waals surface area contributed by atoms with Gasteiger partial charge in [0.15, 0.2) is 0 Å². The molecular formula is C23H33NO5. The number of fused-ring (bicyclic) bond motifs is 3. The van der Waals surface area contributed by atoms with Gasteiger partial charge in [-0.05, 0) is 69.6 Å². The molecule has 1 N–H and O–H groups in total. The molecule has 0 bridgehead atoms. The smallest absolute Gasteiger partial charge is 0.294 e. The van der Waals surface area contributed by atoms with Gasteiger partial charge in [-0.3, -0.25) is 0 Å². The van der Waals surface area contributed by atoms with Crippen molar-refractivity contribution in [3.63, 3.8) is 0 Å². The van der Waals surface area contributed by atoms with Crippen LogP contribution in [0.1, 0.15) is 83.8 Å². The lowest BCUT2D eigenvalue weighted by Gasteiger charge is -2.46. The minimum absolute atomic E-state index is 0.116. The molecule has 0 spiro atoms. The monoisotopic (exact) mass is 403 g/mol. The first-order valence-corrected chi connectivity index (χ1v) is 10.5. The second-order valence-corrected chi connectivity index (χ2v) is 9.69. The highest BCUT2D eigenvalue weighted by atomic mass is 16.9. The lowest BCUT2D eigenvalue weighted by Crippen LogP contribution is -2.45. The zero-order chi connectivity index (χ0) is 21.4. The van der Waals surface area contributed by atoms with Gasteiger partial charge >= 0.3 is 0 Å². The number of benzene rings is 1. The molecule has 1 aromatic rings. The Bertz CT molecular complexity index is 812. The number of rotatable bonds is 7. The van der Waals surface area contributed by atoms with Crippen molar-refractivity contribution >= 4 is 0 Å². The van der Waals surface area contributed by atoms with Gasteiger partial charge in [0.25, 0.3) is 5.09 Å². The first-order valence-electron chi connectivity index (χ1n) is 10.5. The number of aromatic hydroxyl groups is 1. The molecule has 0 saturated heterocycles. The molecule has 3 rings (SSSR count). The van der Waals surface area contributed by atoms with Gasteiger partial charge in [0.1, 0.15) is 17.1 Å². The number of phenols is 1. The maximum Gasteiger partial charge on any atom is 0.294 e. The quantitative estimate of drug-likeness (QED) is 0.275. The molecule has 0 unspecified atom stereocenters. The zero-order valence-electron chi connectivity index (χ0n) is 18.2. The number of hydrogen-bond donors (Lipinski definition) is 1. The molecule has 160 valence electrons. The van der Waals surface area contributed by atoms with Gasteiger partial charge in [0.2, 0.25) is 0 Å². The summed E-state index contributed by atoms with van der Waals surface area (Å²) in [5, 5.41) is 20.5. The predicted octanol–water partition coefficient (Wildman–Crippen LogP) is 5.66. The van der Waals surface area contributed by atoms with Crippen LogP contribution >= 0.6 is 0 Å². The van der Waals surface area contributed by atoms with Crippen LogP contribution in [0.4, 0.5) is 0 Å². The van der Waals surface area contributed by atoms with Crippen molar-refractivity contribution in [3.8, 4) is 11.5 Å². The molecule has 6 heteroatoms. The molecule has 0 amide bonds. The third kappa shape index (κ3) is 4.51. The summed E-state index contributed by atoms with van der Waals surface area (Å²) in [4.78, 5) is 14.7. The lowest BCUT2D eigenvalue weighted by atomic mass is 9.67. The van der Waals surface area contributed by atoms with E-state index in [1.807, 2.05) is 6.07 Å². The first-order chi connectivity index (χ1) is 13.5. The molecule has 6 nitrogen and oxygen atoms in total. The molecular weight excluding hydrogens is 370 g/mol. The molecule has 1 aromatic carbocycles. The van der Waals surface area contributed by atoms with E-state index < -0.39 is 5.09 Å². The average Bonchev–Trinajstić information content (AvgIpc) is 2.59. The molecule has 0 fully saturated rings. The summed E-state index contributed by atoms with van der Waals surface area (Å²) >= 11 is 0. The summed E-state index contributed by atoms with van der Waals surface area (Å²) in [5.41, 5.74) is 2.82. The van der Waals surface area contributed by atoms with E-state index in [4.69, 9.17) is 4.74 Å². The molecule has 1 aliphatic carbocycles. The van der Waals surface area contributed by atoms with E-state index >= 15 is 0 Å². The molecule has 0 radical (unpaired) electrons. The second-order valence-electron chi connectivity index (χ2n) is 9.69. The molecule has 0 aromatic heterocycles. The van der Waals surface area contributed by atoms with Crippen molar-refractivity contribution in [1.82, 2.24) is 0 Å². The normalized spacial score (nSPS) is 22.7. The molecule has 2 aliphatic rings. The van der Waals surface area contributed by atoms with E-state index in [-0.39, 0.29) is 23.5 Å². The Kier molecular flexibility index (Phi) is 5.84. The fourth-order valence-electron chi connectivity index (χ4n) is 4.87. The fraction of sp³-hybridized carbons (Fsp3) is 0.652. The second kappa shape index (κ2) is 7.88. The Hall–Kier alpha value is -2.24. The van der Waals surface area contributed by atoms with E-state index in [1.54, 1.807) is 0 Å². The summed E-state index contributed by atoms with van der Waals surface area (Å²) in [6.45, 7) is 10.8. The van der Waals surface area contributed by atoms with Crippen molar-refractivity contribution in [2.45, 2.75) is 83.7 Å². The largest absolute Gasteiger partial charge is 0.507 e. The molecule has 29 heavy (non-hydrogen) atoms. The van der Waals surface area contributed by atoms with E-state index in [0.717, 1.165) is 42.6 Å². The van der Waals surface area contributed by atoms with Crippen LogP contribution in [-0.4, -0.2) is 22.4 Å². The fourth-order valence-corrected chi connectivity index (χ4v) is 4.87. The standard InChI is InChI=1S/C23H33NO5/c1-15-8-9-18-17(12-15)21-19(25)13-16(14-20(21)29-23(18,4)5)22(2,3)10-6-7-11-28-24(26)27/h12-14,17-18,25H,6-11H2,1-5H3/t17-,18-/m1/s1. The minimum Gasteiger partial charge on any atom is -0.507 e. The number of nitrogens with zero attached hydrogens (tertiary/aromatic N) is 1. The van der Waals surface area contributed by atoms with Crippen molar-refractivity contribution < 1.29 is 19.8 Å². The summed E-state index contributed by atoms with van der Waals surface area (Å²) in [6, 6.07) is 3.96. The topological polar surface area (TPSA) is 81.8 Å². The molecule has 0 saturated carbocycles. The van der Waals surface area contributed by atoms with Crippen LogP contribution in [0.2, 0.25) is 0 Å². The van der Waals surface area contributed by atoms with Crippen LogP contribution in [0, 0.1) is 16.0 Å². The Morgan fingerprint density at radius 2 is 2.07 bits per heavy atom. The van der Waals surface area contributed by atoms with Gasteiger partial charge in [-0.15, -0.1) is 10.1 Å². The van der Waals surface area contributed by atoms with E-state index in [0.29, 0.717) is 18.1 Å². The van der Waals surface area contributed by atoms with E-state index in [9.17, 15) is 15.2 Å². The number of hydrogen-bond acceptors (Lipinski definition) is 5. The third-order valence-electron chi connectivity index (χ3n) is 6.64. The minimum atomic E-state index is -0.750. The van der Waals surface area contributed by atoms with Crippen LogP contribution in [-0.2, 0) is 10.3 Å². The van der Waals surface area contributed by atoms with E-state index in [2.05, 4.69) is 51.6 Å². The highest BCUT2D eigenvalue weighted by Gasteiger charge is 2.45. The van der Waals surface area contributed by atoms with Crippen molar-refractivity contribution in [2.24, 2.45) is 5.92 Å². The Morgan fingerprint density at radius 1 is 1.34 bits per heavy atom. The van der Waals surface area contributed by atoms with Gasteiger partial charge in [-0.1, -0.05) is 31.9 Å². The molecule has 2 atom stereocenters. The van der Waals surface area contributed by atoms with Gasteiger partial charge < -0.3 is 14.7 Å². The maximum absolute atomic E-state index is 11.0. The predicted molar refractivity (Wildman–Crippen MR) is 112 cm³/mol. The maximum atomic E-state index is 11.0. The Labute approximate surface area is 173 Å². The summed E-state index contributed by atoms with van der Waals surface area (Å²) in [6.07, 6.45) is 6.71. The molecule has 1 aliphatic heterocycles. The average molecular weight is 404 g/mol. The third-order valence-corrected chi connectivity index (χ3v) is 6.64. The van der Waals surface area contributed by atoms with Gasteiger partial charge in [-0.2, -0.15) is 0 Å². The van der Waals surface area contributed by atoms with Crippen molar-refractivity contribution in [2.75, 3.05) is 6.61 Å². The van der Waals surface area contributed by atoms with Crippen LogP contribution < -0.4 is 4.74 Å².